The van der Waals surface area contributed by atoms with Gasteiger partial charge in [-0.2, -0.15) is 13.2 Å². The van der Waals surface area contributed by atoms with Crippen molar-refractivity contribution in [2.75, 3.05) is 0 Å². The third-order valence-corrected chi connectivity index (χ3v) is 2.07. The quantitative estimate of drug-likeness (QED) is 0.717. The molecule has 0 N–H and O–H groups in total. The van der Waals surface area contributed by atoms with Crippen LogP contribution in [0.5, 0.6) is 0 Å². The zero-order chi connectivity index (χ0) is 12.5. The molecule has 0 amide bonds. The average molecular weight is 242 g/mol. The number of halogens is 4. The first-order chi connectivity index (χ1) is 7.97. The molecular formula is C11H6F4N2. The standard InChI is InChI=1S/C11H6F4N2/c12-8-2-4-17-10(6-8)9-5-7(1-3-16-9)11(13,14)15/h1-6H. The predicted octanol–water partition coefficient (Wildman–Crippen LogP) is 3.30. The van der Waals surface area contributed by atoms with Crippen molar-refractivity contribution in [3.05, 3.63) is 48.0 Å². The number of rotatable bonds is 1. The number of alkyl halides is 3. The van der Waals surface area contributed by atoms with Crippen molar-refractivity contribution >= 4 is 0 Å². The summed E-state index contributed by atoms with van der Waals surface area (Å²) in [5.41, 5.74) is -0.788. The molecule has 0 bridgehead atoms. The van der Waals surface area contributed by atoms with Crippen LogP contribution in [0.2, 0.25) is 0 Å². The molecule has 0 unspecified atom stereocenters. The first-order valence-electron chi connectivity index (χ1n) is 4.62. The Bertz CT molecular complexity index is 537. The van der Waals surface area contributed by atoms with E-state index < -0.39 is 17.6 Å². The molecular weight excluding hydrogens is 236 g/mol. The van der Waals surface area contributed by atoms with Gasteiger partial charge in [0.2, 0.25) is 0 Å². The van der Waals surface area contributed by atoms with E-state index in [0.29, 0.717) is 0 Å². The normalized spacial score (nSPS) is 11.5. The molecule has 0 saturated heterocycles. The monoisotopic (exact) mass is 242 g/mol. The Morgan fingerprint density at radius 3 is 2.06 bits per heavy atom. The van der Waals surface area contributed by atoms with Crippen molar-refractivity contribution < 1.29 is 17.6 Å². The van der Waals surface area contributed by atoms with Crippen molar-refractivity contribution in [1.29, 1.82) is 0 Å². The van der Waals surface area contributed by atoms with E-state index in [2.05, 4.69) is 9.97 Å². The molecule has 0 aliphatic heterocycles. The summed E-state index contributed by atoms with van der Waals surface area (Å²) in [6.07, 6.45) is -2.26. The minimum absolute atomic E-state index is 0.0145. The zero-order valence-electron chi connectivity index (χ0n) is 8.37. The van der Waals surface area contributed by atoms with Crippen LogP contribution in [0.15, 0.2) is 36.7 Å². The van der Waals surface area contributed by atoms with Crippen LogP contribution in [-0.4, -0.2) is 9.97 Å². The van der Waals surface area contributed by atoms with Gasteiger partial charge in [0.15, 0.2) is 0 Å². The topological polar surface area (TPSA) is 25.8 Å². The average Bonchev–Trinajstić information content (AvgIpc) is 2.28. The van der Waals surface area contributed by atoms with Gasteiger partial charge in [-0.1, -0.05) is 0 Å². The maximum absolute atomic E-state index is 12.9. The smallest absolute Gasteiger partial charge is 0.255 e. The molecule has 2 aromatic heterocycles. The molecule has 17 heavy (non-hydrogen) atoms. The fourth-order valence-electron chi connectivity index (χ4n) is 1.29. The van der Waals surface area contributed by atoms with Gasteiger partial charge >= 0.3 is 6.18 Å². The van der Waals surface area contributed by atoms with Gasteiger partial charge in [0.05, 0.1) is 17.0 Å². The Kier molecular flexibility index (Phi) is 2.79. The van der Waals surface area contributed by atoms with Crippen LogP contribution in [0.3, 0.4) is 0 Å². The predicted molar refractivity (Wildman–Crippen MR) is 52.4 cm³/mol. The second-order valence-corrected chi connectivity index (χ2v) is 3.29. The lowest BCUT2D eigenvalue weighted by atomic mass is 10.2. The SMILES string of the molecule is Fc1ccnc(-c2cc(C(F)(F)F)ccn2)c1. The van der Waals surface area contributed by atoms with Crippen LogP contribution in [-0.2, 0) is 6.18 Å². The highest BCUT2D eigenvalue weighted by Gasteiger charge is 2.30. The highest BCUT2D eigenvalue weighted by atomic mass is 19.4. The van der Waals surface area contributed by atoms with Crippen LogP contribution in [0, 0.1) is 5.82 Å². The third kappa shape index (κ3) is 2.58. The maximum Gasteiger partial charge on any atom is 0.416 e. The lowest BCUT2D eigenvalue weighted by Gasteiger charge is -2.07. The van der Waals surface area contributed by atoms with E-state index in [1.807, 2.05) is 0 Å². The molecule has 0 aliphatic carbocycles. The van der Waals surface area contributed by atoms with Crippen molar-refractivity contribution in [3.8, 4) is 11.4 Å². The first-order valence-corrected chi connectivity index (χ1v) is 4.62. The van der Waals surface area contributed by atoms with Gasteiger partial charge in [0.1, 0.15) is 5.82 Å². The second-order valence-electron chi connectivity index (χ2n) is 3.29. The summed E-state index contributed by atoms with van der Waals surface area (Å²) in [5.74, 6) is -0.575. The summed E-state index contributed by atoms with van der Waals surface area (Å²) in [6, 6.07) is 3.82. The number of nitrogens with zero attached hydrogens (tertiary/aromatic N) is 2. The van der Waals surface area contributed by atoms with Gasteiger partial charge in [-0.3, -0.25) is 9.97 Å². The molecule has 2 nitrogen and oxygen atoms in total. The fourth-order valence-corrected chi connectivity index (χ4v) is 1.29. The summed E-state index contributed by atoms with van der Waals surface area (Å²) in [7, 11) is 0. The molecule has 2 rings (SSSR count). The van der Waals surface area contributed by atoms with Gasteiger partial charge in [-0.25, -0.2) is 4.39 Å². The molecule has 88 valence electrons. The van der Waals surface area contributed by atoms with E-state index in [1.165, 1.54) is 6.20 Å². The Balaban J connectivity index is 2.47. The molecule has 2 heterocycles. The molecule has 0 radical (unpaired) electrons. The minimum Gasteiger partial charge on any atom is -0.255 e. The maximum atomic E-state index is 12.9. The van der Waals surface area contributed by atoms with Crippen molar-refractivity contribution in [1.82, 2.24) is 9.97 Å². The van der Waals surface area contributed by atoms with Crippen molar-refractivity contribution in [2.24, 2.45) is 0 Å². The van der Waals surface area contributed by atoms with Crippen molar-refractivity contribution in [2.45, 2.75) is 6.18 Å². The lowest BCUT2D eigenvalue weighted by Crippen LogP contribution is -2.05. The second kappa shape index (κ2) is 4.12. The Morgan fingerprint density at radius 2 is 1.47 bits per heavy atom. The van der Waals surface area contributed by atoms with E-state index >= 15 is 0 Å². The number of hydrogen-bond donors (Lipinski definition) is 0. The summed E-state index contributed by atoms with van der Waals surface area (Å²) in [5, 5.41) is 0. The van der Waals surface area contributed by atoms with E-state index in [1.54, 1.807) is 0 Å². The van der Waals surface area contributed by atoms with Crippen LogP contribution in [0.1, 0.15) is 5.56 Å². The zero-order valence-corrected chi connectivity index (χ0v) is 8.37. The van der Waals surface area contributed by atoms with E-state index in [4.69, 9.17) is 0 Å². The summed E-state index contributed by atoms with van der Waals surface area (Å²) < 4.78 is 50.2. The molecule has 0 aliphatic rings. The van der Waals surface area contributed by atoms with Gasteiger partial charge in [0.25, 0.3) is 0 Å². The van der Waals surface area contributed by atoms with Gasteiger partial charge in [0, 0.05) is 18.5 Å². The van der Waals surface area contributed by atoms with Crippen LogP contribution < -0.4 is 0 Å². The number of pyridine rings is 2. The first kappa shape index (κ1) is 11.5. The molecule has 6 heteroatoms. The van der Waals surface area contributed by atoms with Crippen LogP contribution >= 0.6 is 0 Å². The van der Waals surface area contributed by atoms with Gasteiger partial charge in [-0.05, 0) is 18.2 Å². The van der Waals surface area contributed by atoms with Crippen LogP contribution in [0.25, 0.3) is 11.4 Å². The highest BCUT2D eigenvalue weighted by Crippen LogP contribution is 2.30. The molecule has 0 atom stereocenters. The van der Waals surface area contributed by atoms with Crippen molar-refractivity contribution in [3.63, 3.8) is 0 Å². The number of hydrogen-bond acceptors (Lipinski definition) is 2. The van der Waals surface area contributed by atoms with Gasteiger partial charge in [-0.15, -0.1) is 0 Å². The third-order valence-electron chi connectivity index (χ3n) is 2.07. The van der Waals surface area contributed by atoms with E-state index in [9.17, 15) is 17.6 Å². The van der Waals surface area contributed by atoms with Crippen LogP contribution in [0.4, 0.5) is 17.6 Å². The van der Waals surface area contributed by atoms with E-state index in [-0.39, 0.29) is 11.4 Å². The highest BCUT2D eigenvalue weighted by molar-refractivity contribution is 5.54. The number of aromatic nitrogens is 2. The summed E-state index contributed by atoms with van der Waals surface area (Å²) >= 11 is 0. The summed E-state index contributed by atoms with van der Waals surface area (Å²) in [6.45, 7) is 0. The fraction of sp³-hybridized carbons (Fsp3) is 0.0909. The molecule has 0 fully saturated rings. The molecule has 2 aromatic rings. The Morgan fingerprint density at radius 1 is 0.882 bits per heavy atom. The lowest BCUT2D eigenvalue weighted by molar-refractivity contribution is -0.137. The largest absolute Gasteiger partial charge is 0.416 e. The summed E-state index contributed by atoms with van der Waals surface area (Å²) in [4.78, 5) is 7.50. The minimum atomic E-state index is -4.45. The molecule has 0 saturated carbocycles. The molecule has 0 spiro atoms. The Labute approximate surface area is 94.0 Å². The Hall–Kier alpha value is -1.98. The molecule has 0 aromatic carbocycles. The van der Waals surface area contributed by atoms with Gasteiger partial charge < -0.3 is 0 Å². The van der Waals surface area contributed by atoms with E-state index in [0.717, 1.165) is 30.5 Å².